The second-order valence-corrected chi connectivity index (χ2v) is 13.0. The number of benzene rings is 3. The fourth-order valence-electron chi connectivity index (χ4n) is 5.10. The minimum atomic E-state index is -4.93. The van der Waals surface area contributed by atoms with Crippen molar-refractivity contribution in [1.29, 1.82) is 0 Å². The van der Waals surface area contributed by atoms with Crippen molar-refractivity contribution in [1.82, 2.24) is 0 Å². The number of carbonyl (C=O) groups is 2. The van der Waals surface area contributed by atoms with Gasteiger partial charge in [0.2, 0.25) is 11.8 Å². The third-order valence-electron chi connectivity index (χ3n) is 7.56. The van der Waals surface area contributed by atoms with Crippen LogP contribution in [0.25, 0.3) is 0 Å². The fourth-order valence-corrected chi connectivity index (χ4v) is 6.20. The zero-order valence-corrected chi connectivity index (χ0v) is 26.0. The summed E-state index contributed by atoms with van der Waals surface area (Å²) in [5, 5.41) is 6.99. The smallest absolute Gasteiger partial charge is 0.358 e. The molecule has 0 spiro atoms. The van der Waals surface area contributed by atoms with Crippen LogP contribution in [0.3, 0.4) is 0 Å². The highest BCUT2D eigenvalue weighted by molar-refractivity contribution is 6.52. The summed E-state index contributed by atoms with van der Waals surface area (Å²) < 4.78 is 113. The molecule has 0 bridgehead atoms. The SMILES string of the molecule is CC(F)(F)CCC(=O)Nc1c(F)ccc(NC(=O)c2cc(N[C@@H]3OC3[C@H]3[C@H](c4ccc(F)c(C(F)(F)F)c4)C3(Cl)Cl)ccc2Cl)c1F. The largest absolute Gasteiger partial charge is 0.419 e. The monoisotopic (exact) mass is 729 g/mol. The molecule has 2 fully saturated rings. The van der Waals surface area contributed by atoms with Gasteiger partial charge in [0.25, 0.3) is 5.91 Å². The van der Waals surface area contributed by atoms with Gasteiger partial charge in [-0.2, -0.15) is 13.2 Å². The number of amides is 2. The quantitative estimate of drug-likeness (QED) is 0.110. The number of hydrogen-bond acceptors (Lipinski definition) is 4. The number of hydrogen-bond donors (Lipinski definition) is 3. The van der Waals surface area contributed by atoms with E-state index in [0.717, 1.165) is 18.2 Å². The highest BCUT2D eigenvalue weighted by Crippen LogP contribution is 2.69. The predicted molar refractivity (Wildman–Crippen MR) is 159 cm³/mol. The Morgan fingerprint density at radius 1 is 0.936 bits per heavy atom. The number of nitrogens with one attached hydrogen (secondary N) is 3. The van der Waals surface area contributed by atoms with Gasteiger partial charge >= 0.3 is 6.18 Å². The molecule has 2 aliphatic rings. The minimum Gasteiger partial charge on any atom is -0.358 e. The van der Waals surface area contributed by atoms with E-state index in [1.807, 2.05) is 5.32 Å². The average molecular weight is 731 g/mol. The van der Waals surface area contributed by atoms with Crippen molar-refractivity contribution >= 4 is 63.7 Å². The highest BCUT2D eigenvalue weighted by Gasteiger charge is 2.72. The molecule has 3 N–H and O–H groups in total. The summed E-state index contributed by atoms with van der Waals surface area (Å²) >= 11 is 18.9. The van der Waals surface area contributed by atoms with Gasteiger partial charge in [0, 0.05) is 30.4 Å². The third kappa shape index (κ3) is 7.71. The number of epoxide rings is 1. The Labute approximate surface area is 276 Å². The molecule has 3 aromatic rings. The van der Waals surface area contributed by atoms with E-state index in [1.165, 1.54) is 18.2 Å². The van der Waals surface area contributed by atoms with Gasteiger partial charge in [0.15, 0.2) is 12.0 Å². The molecule has 2 amide bonds. The Hall–Kier alpha value is -3.33. The van der Waals surface area contributed by atoms with E-state index in [1.54, 1.807) is 0 Å². The van der Waals surface area contributed by atoms with Crippen LogP contribution in [0.4, 0.5) is 52.2 Å². The maximum atomic E-state index is 15.1. The molecule has 3 aromatic carbocycles. The Kier molecular flexibility index (Phi) is 9.38. The Bertz CT molecular complexity index is 1730. The lowest BCUT2D eigenvalue weighted by atomic mass is 10.0. The minimum absolute atomic E-state index is 0.0718. The lowest BCUT2D eigenvalue weighted by Gasteiger charge is -2.14. The molecule has 1 aliphatic heterocycles. The van der Waals surface area contributed by atoms with E-state index in [0.29, 0.717) is 19.1 Å². The zero-order chi connectivity index (χ0) is 34.6. The van der Waals surface area contributed by atoms with Gasteiger partial charge in [-0.15, -0.1) is 23.2 Å². The van der Waals surface area contributed by atoms with Crippen molar-refractivity contribution in [3.05, 3.63) is 87.7 Å². The second-order valence-electron chi connectivity index (χ2n) is 11.1. The summed E-state index contributed by atoms with van der Waals surface area (Å²) in [4.78, 5) is 25.0. The van der Waals surface area contributed by atoms with E-state index in [2.05, 4.69) is 10.6 Å². The van der Waals surface area contributed by atoms with E-state index in [9.17, 15) is 40.3 Å². The fraction of sp³-hybridized carbons (Fsp3) is 0.333. The first kappa shape index (κ1) is 35.0. The molecule has 6 nitrogen and oxygen atoms in total. The second kappa shape index (κ2) is 12.6. The number of halogens is 11. The summed E-state index contributed by atoms with van der Waals surface area (Å²) in [5.74, 6) is -10.7. The molecular weight excluding hydrogens is 709 g/mol. The van der Waals surface area contributed by atoms with Crippen molar-refractivity contribution in [3.8, 4) is 0 Å². The molecule has 4 atom stereocenters. The molecule has 1 heterocycles. The molecule has 1 unspecified atom stereocenters. The summed E-state index contributed by atoms with van der Waals surface area (Å²) in [5.41, 5.74) is -2.78. The van der Waals surface area contributed by atoms with Crippen LogP contribution in [-0.4, -0.2) is 34.4 Å². The normalized spacial score (nSPS) is 21.6. The van der Waals surface area contributed by atoms with Crippen LogP contribution >= 0.6 is 34.8 Å². The molecule has 47 heavy (non-hydrogen) atoms. The first-order valence-electron chi connectivity index (χ1n) is 13.7. The Balaban J connectivity index is 1.25. The molecule has 0 aromatic heterocycles. The first-order valence-corrected chi connectivity index (χ1v) is 14.8. The molecule has 1 aliphatic carbocycles. The van der Waals surface area contributed by atoms with Crippen molar-refractivity contribution in [2.24, 2.45) is 5.92 Å². The van der Waals surface area contributed by atoms with Crippen LogP contribution in [0.2, 0.25) is 5.02 Å². The maximum Gasteiger partial charge on any atom is 0.419 e. The van der Waals surface area contributed by atoms with E-state index >= 15 is 4.39 Å². The van der Waals surface area contributed by atoms with Crippen LogP contribution < -0.4 is 16.0 Å². The van der Waals surface area contributed by atoms with Crippen molar-refractivity contribution in [3.63, 3.8) is 0 Å². The van der Waals surface area contributed by atoms with E-state index in [-0.39, 0.29) is 21.8 Å². The molecule has 1 saturated carbocycles. The predicted octanol–water partition coefficient (Wildman–Crippen LogP) is 9.13. The summed E-state index contributed by atoms with van der Waals surface area (Å²) in [6.07, 6.45) is -7.92. The van der Waals surface area contributed by atoms with Crippen LogP contribution in [-0.2, 0) is 15.7 Å². The average Bonchev–Trinajstić information content (AvgIpc) is 3.85. The van der Waals surface area contributed by atoms with Gasteiger partial charge in [-0.25, -0.2) is 22.0 Å². The van der Waals surface area contributed by atoms with Crippen molar-refractivity contribution in [2.75, 3.05) is 16.0 Å². The third-order valence-corrected chi connectivity index (χ3v) is 8.86. The van der Waals surface area contributed by atoms with Gasteiger partial charge in [0.1, 0.15) is 27.8 Å². The lowest BCUT2D eigenvalue weighted by Crippen LogP contribution is -2.20. The van der Waals surface area contributed by atoms with Crippen LogP contribution in [0.5, 0.6) is 0 Å². The van der Waals surface area contributed by atoms with Gasteiger partial charge in [-0.05, 0) is 55.0 Å². The molecule has 5 rings (SSSR count). The van der Waals surface area contributed by atoms with Crippen LogP contribution in [0.1, 0.15) is 47.2 Å². The summed E-state index contributed by atoms with van der Waals surface area (Å²) in [6, 6.07) is 8.22. The molecule has 252 valence electrons. The van der Waals surface area contributed by atoms with Gasteiger partial charge in [-0.3, -0.25) is 9.59 Å². The summed E-state index contributed by atoms with van der Waals surface area (Å²) in [7, 11) is 0. The lowest BCUT2D eigenvalue weighted by molar-refractivity contribution is -0.140. The maximum absolute atomic E-state index is 15.1. The molecule has 0 radical (unpaired) electrons. The number of ether oxygens (including phenoxy) is 1. The number of carbonyl (C=O) groups excluding carboxylic acids is 2. The summed E-state index contributed by atoms with van der Waals surface area (Å²) in [6.45, 7) is 0.588. The topological polar surface area (TPSA) is 82.8 Å². The van der Waals surface area contributed by atoms with Crippen molar-refractivity contribution < 1.29 is 49.4 Å². The van der Waals surface area contributed by atoms with Crippen LogP contribution in [0.15, 0.2) is 48.5 Å². The molecule has 1 saturated heterocycles. The number of alkyl halides is 7. The number of rotatable bonds is 10. The van der Waals surface area contributed by atoms with E-state index in [4.69, 9.17) is 39.5 Å². The Morgan fingerprint density at radius 3 is 2.28 bits per heavy atom. The van der Waals surface area contributed by atoms with Crippen LogP contribution in [0, 0.1) is 23.4 Å². The molecule has 17 heteroatoms. The number of anilines is 3. The van der Waals surface area contributed by atoms with Gasteiger partial charge < -0.3 is 20.7 Å². The zero-order valence-electron chi connectivity index (χ0n) is 23.7. The first-order chi connectivity index (χ1) is 21.8. The standard InChI is InChI=1S/C30H22Cl3F8N3O3/c1-28(37,38)9-8-20(45)44-24-18(35)6-7-19(23(24)36)43-26(46)14-11-13(3-4-16(14)31)42-27-25(47-27)22-21(29(22,32)33)12-2-5-17(34)15(10-12)30(39,40)41/h2-7,10-11,21-22,25,27,42H,8-9H2,1H3,(H,43,46)(H,44,45)/t21-,22+,25?,27+/m0/s1. The van der Waals surface area contributed by atoms with Gasteiger partial charge in [-0.1, -0.05) is 17.7 Å². The van der Waals surface area contributed by atoms with Gasteiger partial charge in [0.05, 0.1) is 21.8 Å². The molecular formula is C30H22Cl3F8N3O3. The van der Waals surface area contributed by atoms with Crippen molar-refractivity contribution in [2.45, 2.75) is 54.4 Å². The Morgan fingerprint density at radius 2 is 1.62 bits per heavy atom. The van der Waals surface area contributed by atoms with E-state index < -0.39 is 99.6 Å². The highest BCUT2D eigenvalue weighted by atomic mass is 35.5.